The van der Waals surface area contributed by atoms with E-state index in [1.165, 1.54) is 6.20 Å². The molecule has 2 heterocycles. The lowest BCUT2D eigenvalue weighted by atomic mass is 10.0. The Morgan fingerprint density at radius 2 is 1.79 bits per heavy atom. The van der Waals surface area contributed by atoms with E-state index in [4.69, 9.17) is 0 Å². The highest BCUT2D eigenvalue weighted by Crippen LogP contribution is 2.32. The molecule has 0 unspecified atom stereocenters. The number of allylic oxidation sites excluding steroid dienone is 1. The second kappa shape index (κ2) is 7.27. The molecule has 0 saturated carbocycles. The van der Waals surface area contributed by atoms with Gasteiger partial charge in [0.1, 0.15) is 17.1 Å². The molecule has 0 bridgehead atoms. The summed E-state index contributed by atoms with van der Waals surface area (Å²) in [5, 5.41) is 19.6. The average molecular weight is 388 g/mol. The third-order valence-electron chi connectivity index (χ3n) is 4.73. The smallest absolute Gasteiger partial charge is 0.352 e. The van der Waals surface area contributed by atoms with E-state index in [0.717, 1.165) is 16.7 Å². The third kappa shape index (κ3) is 3.62. The van der Waals surface area contributed by atoms with Crippen LogP contribution in [0.25, 0.3) is 0 Å². The Morgan fingerprint density at radius 1 is 1.10 bits per heavy atom. The van der Waals surface area contributed by atoms with Crippen LogP contribution in [0.15, 0.2) is 66.5 Å². The van der Waals surface area contributed by atoms with Gasteiger partial charge in [-0.05, 0) is 48.7 Å². The summed E-state index contributed by atoms with van der Waals surface area (Å²) in [6.07, 6.45) is 3.04. The molecule has 0 spiro atoms. The summed E-state index contributed by atoms with van der Waals surface area (Å²) < 4.78 is 1.62. The van der Waals surface area contributed by atoms with E-state index in [0.29, 0.717) is 11.5 Å². The van der Waals surface area contributed by atoms with Gasteiger partial charge in [0.25, 0.3) is 5.91 Å². The van der Waals surface area contributed by atoms with Crippen LogP contribution in [0.3, 0.4) is 0 Å². The van der Waals surface area contributed by atoms with Gasteiger partial charge in [-0.2, -0.15) is 5.10 Å². The van der Waals surface area contributed by atoms with Gasteiger partial charge in [-0.3, -0.25) is 4.79 Å². The zero-order valence-corrected chi connectivity index (χ0v) is 16.0. The summed E-state index contributed by atoms with van der Waals surface area (Å²) in [4.78, 5) is 24.6. The minimum absolute atomic E-state index is 0.00676. The minimum Gasteiger partial charge on any atom is -0.477 e. The van der Waals surface area contributed by atoms with Crippen molar-refractivity contribution in [2.45, 2.75) is 19.9 Å². The molecule has 1 aliphatic rings. The predicted octanol–water partition coefficient (Wildman–Crippen LogP) is 3.74. The lowest BCUT2D eigenvalue weighted by molar-refractivity contribution is -0.132. The van der Waals surface area contributed by atoms with Crippen molar-refractivity contribution >= 4 is 23.4 Å². The predicted molar refractivity (Wildman–Crippen MR) is 110 cm³/mol. The maximum atomic E-state index is 12.9. The lowest BCUT2D eigenvalue weighted by Gasteiger charge is -2.24. The van der Waals surface area contributed by atoms with Gasteiger partial charge in [-0.15, -0.1) is 0 Å². The number of anilines is 2. The molecule has 0 fully saturated rings. The SMILES string of the molecule is Cc1cc(C)cc(NC(=O)c2cnn3c2NC(C(=O)O)=C[C@@H]3c2ccccc2)c1. The van der Waals surface area contributed by atoms with E-state index in [-0.39, 0.29) is 17.2 Å². The number of amides is 1. The van der Waals surface area contributed by atoms with Crippen molar-refractivity contribution in [3.8, 4) is 0 Å². The molecule has 146 valence electrons. The van der Waals surface area contributed by atoms with Crippen molar-refractivity contribution in [1.29, 1.82) is 0 Å². The second-order valence-electron chi connectivity index (χ2n) is 7.05. The Morgan fingerprint density at radius 3 is 2.45 bits per heavy atom. The van der Waals surface area contributed by atoms with Crippen molar-refractivity contribution < 1.29 is 14.7 Å². The molecule has 7 nitrogen and oxygen atoms in total. The minimum atomic E-state index is -1.10. The number of carbonyl (C=O) groups is 2. The molecule has 4 rings (SSSR count). The highest BCUT2D eigenvalue weighted by Gasteiger charge is 2.29. The first-order valence-electron chi connectivity index (χ1n) is 9.16. The first-order valence-corrected chi connectivity index (χ1v) is 9.16. The van der Waals surface area contributed by atoms with Crippen LogP contribution >= 0.6 is 0 Å². The topological polar surface area (TPSA) is 96.3 Å². The van der Waals surface area contributed by atoms with E-state index in [2.05, 4.69) is 15.7 Å². The van der Waals surface area contributed by atoms with Crippen LogP contribution in [-0.2, 0) is 4.79 Å². The summed E-state index contributed by atoms with van der Waals surface area (Å²) in [6.45, 7) is 3.92. The van der Waals surface area contributed by atoms with Gasteiger partial charge in [0.2, 0.25) is 0 Å². The summed E-state index contributed by atoms with van der Waals surface area (Å²) in [5.74, 6) is -1.11. The molecule has 3 aromatic rings. The number of carbonyl (C=O) groups excluding carboxylic acids is 1. The number of fused-ring (bicyclic) bond motifs is 1. The fourth-order valence-electron chi connectivity index (χ4n) is 3.52. The van der Waals surface area contributed by atoms with E-state index in [9.17, 15) is 14.7 Å². The summed E-state index contributed by atoms with van der Waals surface area (Å²) in [6, 6.07) is 14.8. The van der Waals surface area contributed by atoms with Gasteiger partial charge in [0, 0.05) is 5.69 Å². The van der Waals surface area contributed by atoms with E-state index < -0.39 is 12.0 Å². The summed E-state index contributed by atoms with van der Waals surface area (Å²) in [5.41, 5.74) is 3.91. The van der Waals surface area contributed by atoms with Gasteiger partial charge in [0.05, 0.1) is 12.2 Å². The number of carboxylic acid groups (broad SMARTS) is 1. The van der Waals surface area contributed by atoms with Crippen molar-refractivity contribution in [2.75, 3.05) is 10.6 Å². The van der Waals surface area contributed by atoms with Crippen LogP contribution in [-0.4, -0.2) is 26.8 Å². The number of nitrogens with one attached hydrogen (secondary N) is 2. The number of rotatable bonds is 4. The van der Waals surface area contributed by atoms with Crippen LogP contribution in [0.2, 0.25) is 0 Å². The number of hydrogen-bond acceptors (Lipinski definition) is 4. The standard InChI is InChI=1S/C22H20N4O3/c1-13-8-14(2)10-16(9-13)24-21(27)17-12-23-26-19(15-6-4-3-5-7-15)11-18(22(28)29)25-20(17)26/h3-12,19,25H,1-2H3,(H,24,27)(H,28,29)/t19-/m1/s1. The molecule has 1 amide bonds. The first-order chi connectivity index (χ1) is 13.9. The maximum absolute atomic E-state index is 12.9. The normalized spacial score (nSPS) is 15.1. The van der Waals surface area contributed by atoms with Gasteiger partial charge in [-0.1, -0.05) is 36.4 Å². The highest BCUT2D eigenvalue weighted by atomic mass is 16.4. The Hall–Kier alpha value is -3.87. The fraction of sp³-hybridized carbons (Fsp3) is 0.136. The number of nitrogens with zero attached hydrogens (tertiary/aromatic N) is 2. The molecule has 2 aromatic carbocycles. The van der Waals surface area contributed by atoms with E-state index >= 15 is 0 Å². The largest absolute Gasteiger partial charge is 0.477 e. The molecule has 7 heteroatoms. The first kappa shape index (κ1) is 18.5. The summed E-state index contributed by atoms with van der Waals surface area (Å²) in [7, 11) is 0. The van der Waals surface area contributed by atoms with Crippen molar-refractivity contribution in [3.63, 3.8) is 0 Å². The fourth-order valence-corrected chi connectivity index (χ4v) is 3.52. The van der Waals surface area contributed by atoms with Crippen molar-refractivity contribution in [1.82, 2.24) is 9.78 Å². The van der Waals surface area contributed by atoms with Gasteiger partial charge < -0.3 is 15.7 Å². The lowest BCUT2D eigenvalue weighted by Crippen LogP contribution is -2.25. The molecule has 0 aliphatic carbocycles. The van der Waals surface area contributed by atoms with Gasteiger partial charge in [-0.25, -0.2) is 9.48 Å². The highest BCUT2D eigenvalue weighted by molar-refractivity contribution is 6.08. The van der Waals surface area contributed by atoms with Crippen molar-refractivity contribution in [3.05, 3.63) is 88.8 Å². The number of hydrogen-bond donors (Lipinski definition) is 3. The summed E-state index contributed by atoms with van der Waals surface area (Å²) >= 11 is 0. The molecule has 1 atom stereocenters. The molecule has 1 aromatic heterocycles. The number of carboxylic acids is 1. The van der Waals surface area contributed by atoms with E-state index in [1.807, 2.05) is 62.4 Å². The van der Waals surface area contributed by atoms with E-state index in [1.54, 1.807) is 10.8 Å². The molecule has 0 radical (unpaired) electrons. The number of aliphatic carboxylic acids is 1. The van der Waals surface area contributed by atoms with Crippen LogP contribution in [0.4, 0.5) is 11.5 Å². The zero-order chi connectivity index (χ0) is 20.5. The Kier molecular flexibility index (Phi) is 4.64. The Balaban J connectivity index is 1.71. The van der Waals surface area contributed by atoms with Gasteiger partial charge in [0.15, 0.2) is 0 Å². The van der Waals surface area contributed by atoms with Crippen LogP contribution in [0.5, 0.6) is 0 Å². The van der Waals surface area contributed by atoms with Crippen LogP contribution < -0.4 is 10.6 Å². The molecular formula is C22H20N4O3. The Bertz CT molecular complexity index is 1110. The Labute approximate surface area is 167 Å². The van der Waals surface area contributed by atoms with Crippen LogP contribution in [0.1, 0.15) is 33.1 Å². The quantitative estimate of drug-likeness (QED) is 0.633. The maximum Gasteiger partial charge on any atom is 0.352 e. The monoisotopic (exact) mass is 388 g/mol. The number of aromatic nitrogens is 2. The van der Waals surface area contributed by atoms with Crippen LogP contribution in [0, 0.1) is 13.8 Å². The molecule has 3 N–H and O–H groups in total. The number of aryl methyl sites for hydroxylation is 2. The molecular weight excluding hydrogens is 368 g/mol. The second-order valence-corrected chi connectivity index (χ2v) is 7.05. The molecule has 0 saturated heterocycles. The average Bonchev–Trinajstić information content (AvgIpc) is 3.11. The number of benzene rings is 2. The van der Waals surface area contributed by atoms with Gasteiger partial charge >= 0.3 is 5.97 Å². The molecule has 1 aliphatic heterocycles. The third-order valence-corrected chi connectivity index (χ3v) is 4.73. The molecule has 29 heavy (non-hydrogen) atoms. The van der Waals surface area contributed by atoms with Crippen molar-refractivity contribution in [2.24, 2.45) is 0 Å². The zero-order valence-electron chi connectivity index (χ0n) is 16.0.